The van der Waals surface area contributed by atoms with Crippen LogP contribution < -0.4 is 25.8 Å². The van der Waals surface area contributed by atoms with E-state index in [4.69, 9.17) is 9.15 Å². The molecule has 0 radical (unpaired) electrons. The van der Waals surface area contributed by atoms with Gasteiger partial charge in [0.15, 0.2) is 5.76 Å². The second kappa shape index (κ2) is 11.0. The molecule has 172 valence electrons. The van der Waals surface area contributed by atoms with Crippen molar-refractivity contribution in [2.45, 2.75) is 32.4 Å². The molecule has 0 saturated carbocycles. The number of piperidine rings is 1. The van der Waals surface area contributed by atoms with E-state index in [0.717, 1.165) is 24.5 Å². The fraction of sp³-hybridized carbons (Fsp3) is 0.292. The van der Waals surface area contributed by atoms with Gasteiger partial charge in [0.2, 0.25) is 0 Å². The van der Waals surface area contributed by atoms with E-state index in [-0.39, 0.29) is 18.9 Å². The third-order valence-electron chi connectivity index (χ3n) is 5.24. The zero-order valence-electron chi connectivity index (χ0n) is 18.3. The second-order valence-electron chi connectivity index (χ2n) is 7.70. The topological polar surface area (TPSA) is 109 Å². The Labute approximate surface area is 192 Å². The minimum absolute atomic E-state index is 0.0689. The molecule has 33 heavy (non-hydrogen) atoms. The van der Waals surface area contributed by atoms with Crippen LogP contribution in [0.3, 0.4) is 0 Å². The molecule has 0 spiro atoms. The fourth-order valence-electron chi connectivity index (χ4n) is 3.48. The number of amides is 3. The number of furan rings is 1. The highest BCUT2D eigenvalue weighted by Crippen LogP contribution is 2.17. The van der Waals surface area contributed by atoms with Crippen molar-refractivity contribution in [2.75, 3.05) is 18.0 Å². The molecule has 3 heterocycles. The average Bonchev–Trinajstić information content (AvgIpc) is 3.35. The zero-order chi connectivity index (χ0) is 22.9. The normalized spacial score (nSPS) is 13.3. The Morgan fingerprint density at radius 3 is 2.55 bits per heavy atom. The number of benzene rings is 1. The summed E-state index contributed by atoms with van der Waals surface area (Å²) in [5, 5.41) is 2.68. The van der Waals surface area contributed by atoms with Crippen LogP contribution in [0.2, 0.25) is 0 Å². The quantitative estimate of drug-likeness (QED) is 0.477. The van der Waals surface area contributed by atoms with Crippen LogP contribution >= 0.6 is 0 Å². The fourth-order valence-corrected chi connectivity index (χ4v) is 3.48. The highest BCUT2D eigenvalue weighted by Gasteiger charge is 2.14. The first kappa shape index (κ1) is 22.2. The van der Waals surface area contributed by atoms with Gasteiger partial charge in [-0.15, -0.1) is 0 Å². The van der Waals surface area contributed by atoms with Crippen LogP contribution in [0.4, 0.5) is 10.6 Å². The summed E-state index contributed by atoms with van der Waals surface area (Å²) in [6, 6.07) is 15.8. The molecule has 0 atom stereocenters. The number of para-hydroxylation sites is 1. The largest absolute Gasteiger partial charge is 0.486 e. The van der Waals surface area contributed by atoms with Gasteiger partial charge in [0, 0.05) is 25.8 Å². The van der Waals surface area contributed by atoms with Crippen molar-refractivity contribution in [1.82, 2.24) is 21.2 Å². The van der Waals surface area contributed by atoms with Crippen molar-refractivity contribution < 1.29 is 18.7 Å². The average molecular weight is 450 g/mol. The number of pyridine rings is 1. The van der Waals surface area contributed by atoms with Crippen molar-refractivity contribution in [3.05, 3.63) is 77.9 Å². The lowest BCUT2D eigenvalue weighted by Gasteiger charge is -2.27. The first-order chi connectivity index (χ1) is 16.2. The molecule has 4 rings (SSSR count). The van der Waals surface area contributed by atoms with E-state index < -0.39 is 11.9 Å². The van der Waals surface area contributed by atoms with Gasteiger partial charge in [-0.05, 0) is 55.2 Å². The van der Waals surface area contributed by atoms with Crippen LogP contribution in [0, 0.1) is 0 Å². The number of urea groups is 1. The molecule has 1 saturated heterocycles. The number of nitrogens with one attached hydrogen (secondary N) is 3. The van der Waals surface area contributed by atoms with Gasteiger partial charge in [-0.3, -0.25) is 10.2 Å². The lowest BCUT2D eigenvalue weighted by molar-refractivity contribution is 0.0904. The number of anilines is 1. The van der Waals surface area contributed by atoms with Gasteiger partial charge in [0.1, 0.15) is 23.9 Å². The van der Waals surface area contributed by atoms with E-state index in [1.807, 2.05) is 42.5 Å². The van der Waals surface area contributed by atoms with Crippen LogP contribution in [0.5, 0.6) is 5.75 Å². The van der Waals surface area contributed by atoms with Crippen LogP contribution in [-0.4, -0.2) is 30.0 Å². The minimum atomic E-state index is -0.566. The first-order valence-corrected chi connectivity index (χ1v) is 11.0. The summed E-state index contributed by atoms with van der Waals surface area (Å²) in [5.74, 6) is 1.66. The molecular formula is C24H27N5O4. The molecule has 1 aliphatic heterocycles. The molecule has 0 unspecified atom stereocenters. The maximum Gasteiger partial charge on any atom is 0.333 e. The minimum Gasteiger partial charge on any atom is -0.486 e. The van der Waals surface area contributed by atoms with Gasteiger partial charge >= 0.3 is 11.9 Å². The van der Waals surface area contributed by atoms with Gasteiger partial charge in [0.25, 0.3) is 0 Å². The van der Waals surface area contributed by atoms with E-state index in [0.29, 0.717) is 11.5 Å². The maximum atomic E-state index is 12.2. The molecule has 1 aliphatic rings. The maximum absolute atomic E-state index is 12.2. The Morgan fingerprint density at radius 1 is 0.970 bits per heavy atom. The third kappa shape index (κ3) is 6.49. The van der Waals surface area contributed by atoms with Crippen LogP contribution in [0.25, 0.3) is 0 Å². The van der Waals surface area contributed by atoms with E-state index in [1.54, 1.807) is 12.3 Å². The second-order valence-corrected chi connectivity index (χ2v) is 7.70. The van der Waals surface area contributed by atoms with Crippen LogP contribution in [0.1, 0.15) is 41.1 Å². The van der Waals surface area contributed by atoms with E-state index in [2.05, 4.69) is 26.1 Å². The molecule has 9 heteroatoms. The Morgan fingerprint density at radius 2 is 1.79 bits per heavy atom. The lowest BCUT2D eigenvalue weighted by Crippen LogP contribution is -2.46. The first-order valence-electron chi connectivity index (χ1n) is 11.0. The number of rotatable bonds is 7. The molecule has 3 N–H and O–H groups in total. The molecule has 0 bridgehead atoms. The monoisotopic (exact) mass is 449 g/mol. The van der Waals surface area contributed by atoms with Crippen molar-refractivity contribution in [3.63, 3.8) is 0 Å². The van der Waals surface area contributed by atoms with Crippen molar-refractivity contribution in [2.24, 2.45) is 0 Å². The van der Waals surface area contributed by atoms with Crippen molar-refractivity contribution >= 4 is 17.8 Å². The van der Waals surface area contributed by atoms with E-state index >= 15 is 0 Å². The summed E-state index contributed by atoms with van der Waals surface area (Å²) < 4.78 is 11.1. The molecule has 9 nitrogen and oxygen atoms in total. The number of hydrogen-bond donors (Lipinski definition) is 3. The number of carbonyl (C=O) groups is 2. The molecule has 3 aromatic rings. The third-order valence-corrected chi connectivity index (χ3v) is 5.24. The number of hydrogen-bond acceptors (Lipinski definition) is 6. The van der Waals surface area contributed by atoms with Gasteiger partial charge in [-0.25, -0.2) is 15.2 Å². The Bertz CT molecular complexity index is 1050. The van der Waals surface area contributed by atoms with Gasteiger partial charge < -0.3 is 19.4 Å². The van der Waals surface area contributed by atoms with Crippen LogP contribution in [-0.2, 0) is 13.2 Å². The number of hydrazine groups is 1. The Kier molecular flexibility index (Phi) is 7.42. The summed E-state index contributed by atoms with van der Waals surface area (Å²) in [7, 11) is 0. The van der Waals surface area contributed by atoms with Crippen LogP contribution in [0.15, 0.2) is 65.2 Å². The van der Waals surface area contributed by atoms with E-state index in [1.165, 1.54) is 25.3 Å². The smallest absolute Gasteiger partial charge is 0.333 e. The van der Waals surface area contributed by atoms with Crippen molar-refractivity contribution in [3.8, 4) is 5.75 Å². The summed E-state index contributed by atoms with van der Waals surface area (Å²) in [6.45, 7) is 2.54. The summed E-state index contributed by atoms with van der Waals surface area (Å²) in [4.78, 5) is 31.0. The standard InChI is InChI=1S/C24H27N5O4/c30-23(21-11-10-20(33-21)17-32-19-7-3-1-4-8-19)27-28-24(31)26-16-18-9-12-22(25-15-18)29-13-5-2-6-14-29/h1,3-4,7-12,15H,2,5-6,13-14,16-17H2,(H,27,30)(H2,26,28,31). The zero-order valence-corrected chi connectivity index (χ0v) is 18.3. The lowest BCUT2D eigenvalue weighted by atomic mass is 10.1. The molecule has 1 fully saturated rings. The molecule has 0 aliphatic carbocycles. The Hall–Kier alpha value is -4.01. The summed E-state index contributed by atoms with van der Waals surface area (Å²) in [5.41, 5.74) is 5.50. The molecular weight excluding hydrogens is 422 g/mol. The van der Waals surface area contributed by atoms with Gasteiger partial charge in [-0.1, -0.05) is 24.3 Å². The molecule has 2 aromatic heterocycles. The summed E-state index contributed by atoms with van der Waals surface area (Å²) >= 11 is 0. The number of ether oxygens (including phenoxy) is 1. The van der Waals surface area contributed by atoms with E-state index in [9.17, 15) is 9.59 Å². The van der Waals surface area contributed by atoms with Crippen molar-refractivity contribution in [1.29, 1.82) is 0 Å². The number of nitrogens with zero attached hydrogens (tertiary/aromatic N) is 2. The summed E-state index contributed by atoms with van der Waals surface area (Å²) in [6.07, 6.45) is 5.41. The predicted molar refractivity (Wildman–Crippen MR) is 123 cm³/mol. The van der Waals surface area contributed by atoms with Gasteiger partial charge in [-0.2, -0.15) is 0 Å². The molecule has 1 aromatic carbocycles. The number of carbonyl (C=O) groups excluding carboxylic acids is 2. The SMILES string of the molecule is O=C(NCc1ccc(N2CCCCC2)nc1)NNC(=O)c1ccc(COc2ccccc2)o1. The predicted octanol–water partition coefficient (Wildman–Crippen LogP) is 3.39. The Balaban J connectivity index is 1.17. The highest BCUT2D eigenvalue weighted by atomic mass is 16.5. The molecule has 3 amide bonds. The van der Waals surface area contributed by atoms with Gasteiger partial charge in [0.05, 0.1) is 0 Å². The number of aromatic nitrogens is 1. The highest BCUT2D eigenvalue weighted by molar-refractivity contribution is 5.92.